The van der Waals surface area contributed by atoms with Crippen molar-refractivity contribution < 1.29 is 14.3 Å². The second-order valence-corrected chi connectivity index (χ2v) is 9.38. The van der Waals surface area contributed by atoms with Gasteiger partial charge in [0.2, 0.25) is 5.91 Å². The molecule has 0 unspecified atom stereocenters. The Hall–Kier alpha value is -2.60. The molecule has 1 aromatic carbocycles. The van der Waals surface area contributed by atoms with Crippen molar-refractivity contribution in [3.05, 3.63) is 53.9 Å². The molecule has 172 valence electrons. The number of rotatable bonds is 7. The summed E-state index contributed by atoms with van der Waals surface area (Å²) in [6, 6.07) is 10.2. The van der Waals surface area contributed by atoms with E-state index in [1.165, 1.54) is 5.56 Å². The monoisotopic (exact) mass is 437 g/mol. The first-order valence-electron chi connectivity index (χ1n) is 11.9. The molecule has 6 nitrogen and oxygen atoms in total. The maximum atomic E-state index is 13.6. The van der Waals surface area contributed by atoms with Gasteiger partial charge in [0.05, 0.1) is 19.1 Å². The zero-order valence-corrected chi connectivity index (χ0v) is 19.3. The van der Waals surface area contributed by atoms with Gasteiger partial charge in [-0.3, -0.25) is 14.7 Å². The standard InChI is InChI=1S/C26H35N3O3/c1-20(2)16-29(18-21-8-9-24-25(14-21)32-13-5-12-31-24)26(30)23-7-4-11-28(19-23)17-22-6-3-10-27-15-22/h3,6,8-10,14-15,20,23H,4-5,7,11-13,16-19H2,1-2H3/t23-/m1/s1. The number of benzene rings is 1. The fraction of sp³-hybridized carbons (Fsp3) is 0.538. The van der Waals surface area contributed by atoms with E-state index in [1.807, 2.05) is 29.3 Å². The van der Waals surface area contributed by atoms with Crippen molar-refractivity contribution in [2.24, 2.45) is 11.8 Å². The van der Waals surface area contributed by atoms with Crippen molar-refractivity contribution in [2.45, 2.75) is 46.2 Å². The van der Waals surface area contributed by atoms with Crippen LogP contribution in [0.3, 0.4) is 0 Å². The minimum Gasteiger partial charge on any atom is -0.490 e. The van der Waals surface area contributed by atoms with Crippen molar-refractivity contribution in [3.8, 4) is 11.5 Å². The van der Waals surface area contributed by atoms with Crippen LogP contribution >= 0.6 is 0 Å². The van der Waals surface area contributed by atoms with Gasteiger partial charge in [-0.25, -0.2) is 0 Å². The first-order valence-corrected chi connectivity index (χ1v) is 11.9. The number of hydrogen-bond donors (Lipinski definition) is 0. The molecule has 2 aromatic rings. The van der Waals surface area contributed by atoms with E-state index in [4.69, 9.17) is 9.47 Å². The number of pyridine rings is 1. The van der Waals surface area contributed by atoms with Gasteiger partial charge in [0.25, 0.3) is 0 Å². The number of ether oxygens (including phenoxy) is 2. The van der Waals surface area contributed by atoms with Crippen LogP contribution in [0.1, 0.15) is 44.2 Å². The molecule has 3 heterocycles. The Labute approximate surface area is 191 Å². The molecule has 0 aliphatic carbocycles. The Bertz CT molecular complexity index is 887. The third-order valence-corrected chi connectivity index (χ3v) is 6.07. The Morgan fingerprint density at radius 2 is 2.00 bits per heavy atom. The van der Waals surface area contributed by atoms with E-state index in [-0.39, 0.29) is 11.8 Å². The average molecular weight is 438 g/mol. The Morgan fingerprint density at radius 1 is 1.16 bits per heavy atom. The molecule has 0 spiro atoms. The summed E-state index contributed by atoms with van der Waals surface area (Å²) in [4.78, 5) is 22.3. The molecule has 6 heteroatoms. The average Bonchev–Trinajstić information content (AvgIpc) is 3.04. The zero-order valence-electron chi connectivity index (χ0n) is 19.3. The third kappa shape index (κ3) is 6.00. The van der Waals surface area contributed by atoms with Crippen molar-refractivity contribution in [3.63, 3.8) is 0 Å². The van der Waals surface area contributed by atoms with E-state index in [0.717, 1.165) is 62.5 Å². The van der Waals surface area contributed by atoms with Crippen LogP contribution in [0, 0.1) is 11.8 Å². The molecule has 2 aliphatic rings. The molecular weight excluding hydrogens is 402 g/mol. The lowest BCUT2D eigenvalue weighted by Gasteiger charge is -2.35. The summed E-state index contributed by atoms with van der Waals surface area (Å²) >= 11 is 0. The largest absolute Gasteiger partial charge is 0.490 e. The second kappa shape index (κ2) is 10.8. The van der Waals surface area contributed by atoms with Gasteiger partial charge in [-0.15, -0.1) is 0 Å². The number of piperidine rings is 1. The van der Waals surface area contributed by atoms with Gasteiger partial charge in [-0.2, -0.15) is 0 Å². The normalized spacial score (nSPS) is 18.9. The first-order chi connectivity index (χ1) is 15.6. The minimum atomic E-state index is 0.0413. The lowest BCUT2D eigenvalue weighted by atomic mass is 9.95. The predicted molar refractivity (Wildman–Crippen MR) is 125 cm³/mol. The summed E-state index contributed by atoms with van der Waals surface area (Å²) in [5.74, 6) is 2.30. The molecule has 0 bridgehead atoms. The number of fused-ring (bicyclic) bond motifs is 1. The molecule has 1 fully saturated rings. The van der Waals surface area contributed by atoms with Crippen LogP contribution in [-0.4, -0.2) is 53.5 Å². The van der Waals surface area contributed by atoms with Gasteiger partial charge in [0.1, 0.15) is 0 Å². The van der Waals surface area contributed by atoms with Crippen molar-refractivity contribution >= 4 is 5.91 Å². The molecule has 0 N–H and O–H groups in total. The van der Waals surface area contributed by atoms with Crippen molar-refractivity contribution in [2.75, 3.05) is 32.8 Å². The molecule has 0 saturated carbocycles. The van der Waals surface area contributed by atoms with Crippen molar-refractivity contribution in [1.29, 1.82) is 0 Å². The quantitative estimate of drug-likeness (QED) is 0.652. The zero-order chi connectivity index (χ0) is 22.3. The highest BCUT2D eigenvalue weighted by Crippen LogP contribution is 2.31. The fourth-order valence-electron chi connectivity index (χ4n) is 4.61. The number of aromatic nitrogens is 1. The van der Waals surface area contributed by atoms with Crippen LogP contribution in [0.4, 0.5) is 0 Å². The van der Waals surface area contributed by atoms with Gasteiger partial charge >= 0.3 is 0 Å². The van der Waals surface area contributed by atoms with Gasteiger partial charge < -0.3 is 14.4 Å². The highest BCUT2D eigenvalue weighted by Gasteiger charge is 2.30. The summed E-state index contributed by atoms with van der Waals surface area (Å²) < 4.78 is 11.6. The van der Waals surface area contributed by atoms with Gasteiger partial charge in [-0.05, 0) is 54.6 Å². The minimum absolute atomic E-state index is 0.0413. The topological polar surface area (TPSA) is 54.9 Å². The molecule has 0 radical (unpaired) electrons. The SMILES string of the molecule is CC(C)CN(Cc1ccc2c(c1)OCCCO2)C(=O)[C@@H]1CCCN(Cc2cccnc2)C1. The van der Waals surface area contributed by atoms with E-state index in [2.05, 4.69) is 35.9 Å². The molecule has 2 aliphatic heterocycles. The Kier molecular flexibility index (Phi) is 7.63. The summed E-state index contributed by atoms with van der Waals surface area (Å²) in [5.41, 5.74) is 2.29. The van der Waals surface area contributed by atoms with E-state index in [1.54, 1.807) is 6.20 Å². The molecule has 32 heavy (non-hydrogen) atoms. The maximum absolute atomic E-state index is 13.6. The fourth-order valence-corrected chi connectivity index (χ4v) is 4.61. The van der Waals surface area contributed by atoms with E-state index < -0.39 is 0 Å². The van der Waals surface area contributed by atoms with Crippen LogP contribution in [0.15, 0.2) is 42.7 Å². The Balaban J connectivity index is 1.44. The number of likely N-dealkylation sites (tertiary alicyclic amines) is 1. The number of carbonyl (C=O) groups excluding carboxylic acids is 1. The van der Waals surface area contributed by atoms with Crippen LogP contribution < -0.4 is 9.47 Å². The molecule has 1 amide bonds. The van der Waals surface area contributed by atoms with Crippen LogP contribution in [0.25, 0.3) is 0 Å². The number of nitrogens with zero attached hydrogens (tertiary/aromatic N) is 3. The van der Waals surface area contributed by atoms with E-state index in [0.29, 0.717) is 25.7 Å². The lowest BCUT2D eigenvalue weighted by molar-refractivity contribution is -0.138. The van der Waals surface area contributed by atoms with Gasteiger partial charge in [-0.1, -0.05) is 26.0 Å². The molecular formula is C26H35N3O3. The highest BCUT2D eigenvalue weighted by molar-refractivity contribution is 5.79. The second-order valence-electron chi connectivity index (χ2n) is 9.38. The number of carbonyl (C=O) groups is 1. The molecule has 1 atom stereocenters. The molecule has 4 rings (SSSR count). The van der Waals surface area contributed by atoms with Crippen LogP contribution in [-0.2, 0) is 17.9 Å². The van der Waals surface area contributed by atoms with E-state index in [9.17, 15) is 4.79 Å². The van der Waals surface area contributed by atoms with Gasteiger partial charge in [0, 0.05) is 45.0 Å². The summed E-state index contributed by atoms with van der Waals surface area (Å²) in [6.45, 7) is 9.74. The maximum Gasteiger partial charge on any atom is 0.227 e. The number of hydrogen-bond acceptors (Lipinski definition) is 5. The summed E-state index contributed by atoms with van der Waals surface area (Å²) in [7, 11) is 0. The smallest absolute Gasteiger partial charge is 0.227 e. The van der Waals surface area contributed by atoms with Crippen LogP contribution in [0.5, 0.6) is 11.5 Å². The first kappa shape index (κ1) is 22.6. The predicted octanol–water partition coefficient (Wildman–Crippen LogP) is 4.14. The summed E-state index contributed by atoms with van der Waals surface area (Å²) in [6.07, 6.45) is 6.61. The number of amides is 1. The molecule has 1 aromatic heterocycles. The molecule has 1 saturated heterocycles. The van der Waals surface area contributed by atoms with E-state index >= 15 is 0 Å². The summed E-state index contributed by atoms with van der Waals surface area (Å²) in [5, 5.41) is 0. The van der Waals surface area contributed by atoms with Crippen LogP contribution in [0.2, 0.25) is 0 Å². The lowest BCUT2D eigenvalue weighted by Crippen LogP contribution is -2.45. The third-order valence-electron chi connectivity index (χ3n) is 6.07. The van der Waals surface area contributed by atoms with Crippen molar-refractivity contribution in [1.82, 2.24) is 14.8 Å². The van der Waals surface area contributed by atoms with Gasteiger partial charge in [0.15, 0.2) is 11.5 Å². The Morgan fingerprint density at radius 3 is 2.78 bits per heavy atom. The highest BCUT2D eigenvalue weighted by atomic mass is 16.5.